The van der Waals surface area contributed by atoms with Crippen molar-refractivity contribution in [2.75, 3.05) is 6.61 Å². The molecule has 2 aromatic carbocycles. The molecule has 1 N–H and O–H groups in total. The minimum absolute atomic E-state index is 0.284. The number of phenolic OH excluding ortho intramolecular Hbond substituents is 1. The maximum Gasteiger partial charge on any atom is 0.330 e. The lowest BCUT2D eigenvalue weighted by Gasteiger charge is -2.20. The number of esters is 1. The number of ether oxygens (including phenoxy) is 1. The second-order valence-corrected chi connectivity index (χ2v) is 6.79. The van der Waals surface area contributed by atoms with Gasteiger partial charge in [-0.2, -0.15) is 0 Å². The molecule has 0 amide bonds. The molecule has 27 heavy (non-hydrogen) atoms. The van der Waals surface area contributed by atoms with E-state index in [-0.39, 0.29) is 11.7 Å². The zero-order valence-electron chi connectivity index (χ0n) is 15.8. The normalized spacial score (nSPS) is 14.3. The van der Waals surface area contributed by atoms with Crippen molar-refractivity contribution in [2.24, 2.45) is 0 Å². The number of hydrogen-bond donors (Lipinski definition) is 1. The number of carbonyl (C=O) groups is 1. The predicted molar refractivity (Wildman–Crippen MR) is 109 cm³/mol. The maximum absolute atomic E-state index is 11.5. The average Bonchev–Trinajstić information content (AvgIpc) is 2.70. The van der Waals surface area contributed by atoms with Crippen LogP contribution in [0.3, 0.4) is 0 Å². The molecule has 0 bridgehead atoms. The van der Waals surface area contributed by atoms with E-state index in [1.165, 1.54) is 42.0 Å². The Kier molecular flexibility index (Phi) is 6.48. The van der Waals surface area contributed by atoms with Crippen molar-refractivity contribution < 1.29 is 14.6 Å². The van der Waals surface area contributed by atoms with E-state index in [0.29, 0.717) is 6.61 Å². The SMILES string of the molecule is CCOC(=O)C=Cc1ccc(C(=C2CCCCC2)c2ccc(O)cc2)cc1. The topological polar surface area (TPSA) is 46.5 Å². The highest BCUT2D eigenvalue weighted by Gasteiger charge is 2.15. The highest BCUT2D eigenvalue weighted by molar-refractivity contribution is 5.87. The molecule has 0 atom stereocenters. The van der Waals surface area contributed by atoms with Gasteiger partial charge < -0.3 is 9.84 Å². The summed E-state index contributed by atoms with van der Waals surface area (Å²) < 4.78 is 4.92. The van der Waals surface area contributed by atoms with Crippen molar-refractivity contribution in [1.29, 1.82) is 0 Å². The monoisotopic (exact) mass is 362 g/mol. The van der Waals surface area contributed by atoms with Crippen molar-refractivity contribution in [3.05, 3.63) is 76.9 Å². The van der Waals surface area contributed by atoms with Gasteiger partial charge >= 0.3 is 5.97 Å². The van der Waals surface area contributed by atoms with Crippen LogP contribution in [-0.2, 0) is 9.53 Å². The Hall–Kier alpha value is -2.81. The second kappa shape index (κ2) is 9.22. The van der Waals surface area contributed by atoms with Crippen LogP contribution in [0, 0.1) is 0 Å². The summed E-state index contributed by atoms with van der Waals surface area (Å²) in [6.45, 7) is 2.18. The molecule has 1 fully saturated rings. The molecule has 140 valence electrons. The summed E-state index contributed by atoms with van der Waals surface area (Å²) in [6.07, 6.45) is 9.24. The molecule has 1 saturated carbocycles. The third kappa shape index (κ3) is 5.10. The first-order valence-corrected chi connectivity index (χ1v) is 9.64. The van der Waals surface area contributed by atoms with Gasteiger partial charge in [0, 0.05) is 6.08 Å². The first kappa shape index (κ1) is 19.0. The van der Waals surface area contributed by atoms with E-state index in [2.05, 4.69) is 12.1 Å². The zero-order valence-corrected chi connectivity index (χ0v) is 15.8. The number of hydrogen-bond acceptors (Lipinski definition) is 3. The molecule has 0 unspecified atom stereocenters. The number of phenols is 1. The van der Waals surface area contributed by atoms with Gasteiger partial charge in [0.05, 0.1) is 6.61 Å². The van der Waals surface area contributed by atoms with Crippen molar-refractivity contribution in [2.45, 2.75) is 39.0 Å². The molecule has 1 aliphatic rings. The van der Waals surface area contributed by atoms with Gasteiger partial charge in [-0.1, -0.05) is 48.4 Å². The van der Waals surface area contributed by atoms with E-state index < -0.39 is 0 Å². The van der Waals surface area contributed by atoms with Crippen LogP contribution in [0.4, 0.5) is 0 Å². The molecule has 3 heteroatoms. The van der Waals surface area contributed by atoms with Crippen LogP contribution in [0.15, 0.2) is 60.2 Å². The maximum atomic E-state index is 11.5. The third-order valence-corrected chi connectivity index (χ3v) is 4.86. The van der Waals surface area contributed by atoms with Crippen LogP contribution in [-0.4, -0.2) is 17.7 Å². The molecule has 1 aliphatic carbocycles. The molecule has 0 radical (unpaired) electrons. The molecule has 2 aromatic rings. The summed E-state index contributed by atoms with van der Waals surface area (Å²) in [4.78, 5) is 11.5. The van der Waals surface area contributed by atoms with E-state index in [1.807, 2.05) is 24.3 Å². The summed E-state index contributed by atoms with van der Waals surface area (Å²) in [5.74, 6) is -0.0399. The number of aromatic hydroxyl groups is 1. The van der Waals surface area contributed by atoms with E-state index in [0.717, 1.165) is 24.0 Å². The van der Waals surface area contributed by atoms with Crippen molar-refractivity contribution in [3.8, 4) is 5.75 Å². The summed E-state index contributed by atoms with van der Waals surface area (Å²) in [6, 6.07) is 15.7. The first-order chi connectivity index (χ1) is 13.2. The summed E-state index contributed by atoms with van der Waals surface area (Å²) >= 11 is 0. The molecule has 0 saturated heterocycles. The highest BCUT2D eigenvalue weighted by atomic mass is 16.5. The second-order valence-electron chi connectivity index (χ2n) is 6.79. The molecule has 0 spiro atoms. The minimum Gasteiger partial charge on any atom is -0.508 e. The molecular formula is C24H26O3. The predicted octanol–water partition coefficient (Wildman–Crippen LogP) is 5.73. The lowest BCUT2D eigenvalue weighted by Crippen LogP contribution is -2.00. The molecule has 0 aliphatic heterocycles. The van der Waals surface area contributed by atoms with Crippen LogP contribution in [0.1, 0.15) is 55.7 Å². The molecule has 0 heterocycles. The van der Waals surface area contributed by atoms with Gasteiger partial charge in [-0.3, -0.25) is 0 Å². The smallest absolute Gasteiger partial charge is 0.330 e. The molecule has 3 rings (SSSR count). The van der Waals surface area contributed by atoms with Crippen LogP contribution in [0.5, 0.6) is 5.75 Å². The summed E-state index contributed by atoms with van der Waals surface area (Å²) in [5.41, 5.74) is 6.04. The number of carbonyl (C=O) groups excluding carboxylic acids is 1. The number of benzene rings is 2. The lowest BCUT2D eigenvalue weighted by atomic mass is 9.85. The highest BCUT2D eigenvalue weighted by Crippen LogP contribution is 2.35. The van der Waals surface area contributed by atoms with Crippen LogP contribution in [0.25, 0.3) is 11.6 Å². The fourth-order valence-electron chi connectivity index (χ4n) is 3.55. The van der Waals surface area contributed by atoms with Crippen LogP contribution in [0.2, 0.25) is 0 Å². The first-order valence-electron chi connectivity index (χ1n) is 9.64. The fraction of sp³-hybridized carbons (Fsp3) is 0.292. The standard InChI is InChI=1S/C24H26O3/c1-2-27-23(26)17-10-18-8-11-20(12-9-18)24(19-6-4-3-5-7-19)21-13-15-22(25)16-14-21/h8-17,25H,2-7H2,1H3. The van der Waals surface area contributed by atoms with E-state index >= 15 is 0 Å². The van der Waals surface area contributed by atoms with Gasteiger partial charge in [0.25, 0.3) is 0 Å². The summed E-state index contributed by atoms with van der Waals surface area (Å²) in [5, 5.41) is 9.64. The zero-order chi connectivity index (χ0) is 19.1. The Morgan fingerprint density at radius 2 is 1.56 bits per heavy atom. The summed E-state index contributed by atoms with van der Waals surface area (Å²) in [7, 11) is 0. The average molecular weight is 362 g/mol. The van der Waals surface area contributed by atoms with E-state index in [1.54, 1.807) is 25.1 Å². The largest absolute Gasteiger partial charge is 0.508 e. The van der Waals surface area contributed by atoms with Crippen molar-refractivity contribution in [3.63, 3.8) is 0 Å². The number of allylic oxidation sites excluding steroid dienone is 1. The van der Waals surface area contributed by atoms with Crippen LogP contribution < -0.4 is 0 Å². The van der Waals surface area contributed by atoms with Gasteiger partial charge in [-0.15, -0.1) is 0 Å². The van der Waals surface area contributed by atoms with Gasteiger partial charge in [0.1, 0.15) is 5.75 Å². The van der Waals surface area contributed by atoms with Gasteiger partial charge in [0.2, 0.25) is 0 Å². The third-order valence-electron chi connectivity index (χ3n) is 4.86. The minimum atomic E-state index is -0.323. The molecule has 3 nitrogen and oxygen atoms in total. The Morgan fingerprint density at radius 1 is 0.963 bits per heavy atom. The molecular weight excluding hydrogens is 336 g/mol. The molecule has 0 aromatic heterocycles. The Balaban J connectivity index is 1.91. The van der Waals surface area contributed by atoms with Crippen LogP contribution >= 0.6 is 0 Å². The van der Waals surface area contributed by atoms with Gasteiger partial charge in [-0.25, -0.2) is 4.79 Å². The van der Waals surface area contributed by atoms with Gasteiger partial charge in [0.15, 0.2) is 0 Å². The quantitative estimate of drug-likeness (QED) is 0.545. The Bertz CT molecular complexity index is 819. The van der Waals surface area contributed by atoms with Crippen molar-refractivity contribution >= 4 is 17.6 Å². The Morgan fingerprint density at radius 3 is 2.15 bits per heavy atom. The fourth-order valence-corrected chi connectivity index (χ4v) is 3.55. The number of rotatable bonds is 5. The van der Waals surface area contributed by atoms with E-state index in [4.69, 9.17) is 4.74 Å². The van der Waals surface area contributed by atoms with E-state index in [9.17, 15) is 9.90 Å². The van der Waals surface area contributed by atoms with Gasteiger partial charge in [-0.05, 0) is 73.1 Å². The Labute approximate surface area is 161 Å². The van der Waals surface area contributed by atoms with Crippen molar-refractivity contribution in [1.82, 2.24) is 0 Å². The lowest BCUT2D eigenvalue weighted by molar-refractivity contribution is -0.137.